The van der Waals surface area contributed by atoms with E-state index in [0.29, 0.717) is 32.0 Å². The van der Waals surface area contributed by atoms with E-state index in [1.165, 1.54) is 14.2 Å². The van der Waals surface area contributed by atoms with Gasteiger partial charge >= 0.3 is 11.9 Å². The molecular weight excluding hydrogens is 252 g/mol. The van der Waals surface area contributed by atoms with Gasteiger partial charge in [0, 0.05) is 13.1 Å². The number of H-pyrrole nitrogens is 1. The number of nitrogens with zero attached hydrogens (tertiary/aromatic N) is 1. The van der Waals surface area contributed by atoms with Gasteiger partial charge in [-0.25, -0.2) is 9.59 Å². The van der Waals surface area contributed by atoms with Crippen LogP contribution in [-0.4, -0.2) is 57.4 Å². The second kappa shape index (κ2) is 5.75. The Balaban J connectivity index is 2.35. The third kappa shape index (κ3) is 2.70. The molecule has 2 rings (SSSR count). The molecule has 104 valence electrons. The lowest BCUT2D eigenvalue weighted by Gasteiger charge is -2.28. The number of aromatic nitrogens is 1. The highest BCUT2D eigenvalue weighted by Gasteiger charge is 2.24. The fraction of sp³-hybridized carbons (Fsp3) is 0.500. The van der Waals surface area contributed by atoms with Gasteiger partial charge in [-0.05, 0) is 6.07 Å². The van der Waals surface area contributed by atoms with Crippen molar-refractivity contribution < 1.29 is 23.8 Å². The van der Waals surface area contributed by atoms with E-state index < -0.39 is 11.9 Å². The van der Waals surface area contributed by atoms with Crippen molar-refractivity contribution in [2.75, 3.05) is 45.4 Å². The lowest BCUT2D eigenvalue weighted by Crippen LogP contribution is -2.36. The molecule has 0 saturated carbocycles. The van der Waals surface area contributed by atoms with Crippen molar-refractivity contribution in [3.05, 3.63) is 17.5 Å². The fourth-order valence-electron chi connectivity index (χ4n) is 1.97. The van der Waals surface area contributed by atoms with Crippen LogP contribution in [0.4, 0.5) is 5.69 Å². The Morgan fingerprint density at radius 2 is 1.84 bits per heavy atom. The Kier molecular flexibility index (Phi) is 4.06. The molecule has 1 fully saturated rings. The molecule has 7 heteroatoms. The fourth-order valence-corrected chi connectivity index (χ4v) is 1.97. The van der Waals surface area contributed by atoms with E-state index in [2.05, 4.69) is 9.72 Å². The zero-order valence-electron chi connectivity index (χ0n) is 10.9. The first-order chi connectivity index (χ1) is 9.17. The predicted molar refractivity (Wildman–Crippen MR) is 66.5 cm³/mol. The number of methoxy groups -OCH3 is 2. The average molecular weight is 268 g/mol. The van der Waals surface area contributed by atoms with E-state index in [1.807, 2.05) is 4.90 Å². The van der Waals surface area contributed by atoms with Crippen molar-refractivity contribution in [2.24, 2.45) is 0 Å². The molecule has 1 aliphatic rings. The molecule has 19 heavy (non-hydrogen) atoms. The molecule has 2 heterocycles. The van der Waals surface area contributed by atoms with Crippen molar-refractivity contribution in [1.29, 1.82) is 0 Å². The number of hydrogen-bond acceptors (Lipinski definition) is 6. The number of carbonyl (C=O) groups excluding carboxylic acids is 2. The van der Waals surface area contributed by atoms with Crippen LogP contribution in [0.5, 0.6) is 0 Å². The van der Waals surface area contributed by atoms with Gasteiger partial charge in [0.2, 0.25) is 0 Å². The second-order valence-corrected chi connectivity index (χ2v) is 4.03. The van der Waals surface area contributed by atoms with Crippen molar-refractivity contribution in [3.63, 3.8) is 0 Å². The van der Waals surface area contributed by atoms with Crippen LogP contribution >= 0.6 is 0 Å². The van der Waals surface area contributed by atoms with E-state index in [1.54, 1.807) is 6.07 Å². The molecule has 1 aromatic heterocycles. The Labute approximate surface area is 110 Å². The Morgan fingerprint density at radius 3 is 2.42 bits per heavy atom. The third-order valence-electron chi connectivity index (χ3n) is 2.94. The van der Waals surface area contributed by atoms with Gasteiger partial charge in [-0.3, -0.25) is 0 Å². The zero-order valence-corrected chi connectivity index (χ0v) is 10.9. The molecule has 0 spiro atoms. The molecule has 0 atom stereocenters. The van der Waals surface area contributed by atoms with Gasteiger partial charge in [0.05, 0.1) is 33.1 Å². The molecule has 0 radical (unpaired) electrons. The lowest BCUT2D eigenvalue weighted by molar-refractivity contribution is 0.0590. The Bertz CT molecular complexity index is 476. The van der Waals surface area contributed by atoms with Crippen molar-refractivity contribution >= 4 is 17.6 Å². The van der Waals surface area contributed by atoms with Crippen molar-refractivity contribution in [1.82, 2.24) is 4.98 Å². The number of hydrogen-bond donors (Lipinski definition) is 1. The number of ether oxygens (including phenoxy) is 3. The average Bonchev–Trinajstić information content (AvgIpc) is 2.91. The highest BCUT2D eigenvalue weighted by Crippen LogP contribution is 2.24. The monoisotopic (exact) mass is 268 g/mol. The number of nitrogens with one attached hydrogen (secondary N) is 1. The maximum absolute atomic E-state index is 11.7. The summed E-state index contributed by atoms with van der Waals surface area (Å²) in [6, 6.07) is 1.60. The van der Waals surface area contributed by atoms with E-state index in [0.717, 1.165) is 0 Å². The second-order valence-electron chi connectivity index (χ2n) is 4.03. The molecule has 0 aliphatic carbocycles. The molecule has 1 saturated heterocycles. The van der Waals surface area contributed by atoms with Crippen LogP contribution in [0.2, 0.25) is 0 Å². The highest BCUT2D eigenvalue weighted by molar-refractivity contribution is 5.98. The van der Waals surface area contributed by atoms with Crippen LogP contribution in [0.25, 0.3) is 0 Å². The largest absolute Gasteiger partial charge is 0.464 e. The predicted octanol–water partition coefficient (Wildman–Crippen LogP) is 0.424. The third-order valence-corrected chi connectivity index (χ3v) is 2.94. The Morgan fingerprint density at radius 1 is 1.21 bits per heavy atom. The summed E-state index contributed by atoms with van der Waals surface area (Å²) in [5.41, 5.74) is 1.12. The first-order valence-corrected chi connectivity index (χ1v) is 5.89. The summed E-state index contributed by atoms with van der Waals surface area (Å²) in [7, 11) is 2.58. The van der Waals surface area contributed by atoms with E-state index >= 15 is 0 Å². The van der Waals surface area contributed by atoms with Crippen LogP contribution in [0.15, 0.2) is 6.07 Å². The summed E-state index contributed by atoms with van der Waals surface area (Å²) in [5, 5.41) is 0. The van der Waals surface area contributed by atoms with Gasteiger partial charge in [0.1, 0.15) is 11.4 Å². The van der Waals surface area contributed by atoms with Crippen molar-refractivity contribution in [2.45, 2.75) is 0 Å². The molecular formula is C12H16N2O5. The summed E-state index contributed by atoms with van der Waals surface area (Å²) in [6.07, 6.45) is 0. The summed E-state index contributed by atoms with van der Waals surface area (Å²) in [5.74, 6) is -1.04. The smallest absolute Gasteiger partial charge is 0.356 e. The molecule has 0 aromatic carbocycles. The van der Waals surface area contributed by atoms with Crippen molar-refractivity contribution in [3.8, 4) is 0 Å². The molecule has 0 bridgehead atoms. The highest BCUT2D eigenvalue weighted by atomic mass is 16.5. The van der Waals surface area contributed by atoms with Gasteiger partial charge in [0.25, 0.3) is 0 Å². The van der Waals surface area contributed by atoms with Crippen LogP contribution in [0.3, 0.4) is 0 Å². The quantitative estimate of drug-likeness (QED) is 0.800. The summed E-state index contributed by atoms with van der Waals surface area (Å²) >= 11 is 0. The van der Waals surface area contributed by atoms with E-state index in [4.69, 9.17) is 9.47 Å². The Hall–Kier alpha value is -2.02. The number of anilines is 1. The van der Waals surface area contributed by atoms with Gasteiger partial charge in [-0.15, -0.1) is 0 Å². The summed E-state index contributed by atoms with van der Waals surface area (Å²) < 4.78 is 14.6. The number of aromatic amines is 1. The van der Waals surface area contributed by atoms with Gasteiger partial charge in [-0.1, -0.05) is 0 Å². The molecule has 1 N–H and O–H groups in total. The molecule has 0 unspecified atom stereocenters. The first kappa shape index (κ1) is 13.4. The minimum Gasteiger partial charge on any atom is -0.464 e. The zero-order chi connectivity index (χ0) is 13.8. The topological polar surface area (TPSA) is 80.9 Å². The normalized spacial score (nSPS) is 15.2. The van der Waals surface area contributed by atoms with E-state index in [9.17, 15) is 9.59 Å². The van der Waals surface area contributed by atoms with Crippen LogP contribution < -0.4 is 4.90 Å². The summed E-state index contributed by atoms with van der Waals surface area (Å²) in [4.78, 5) is 28.0. The maximum Gasteiger partial charge on any atom is 0.356 e. The van der Waals surface area contributed by atoms with Crippen LogP contribution in [0.1, 0.15) is 21.0 Å². The van der Waals surface area contributed by atoms with Gasteiger partial charge in [-0.2, -0.15) is 0 Å². The standard InChI is InChI=1S/C12H16N2O5/c1-17-11(15)8-7-9(10(13-8)12(16)18-2)14-3-5-19-6-4-14/h7,13H,3-6H2,1-2H3. The number of rotatable bonds is 3. The van der Waals surface area contributed by atoms with Crippen LogP contribution in [0, 0.1) is 0 Å². The molecule has 0 amide bonds. The number of esters is 2. The minimum absolute atomic E-state index is 0.226. The molecule has 1 aliphatic heterocycles. The maximum atomic E-state index is 11.7. The van der Waals surface area contributed by atoms with Gasteiger partial charge < -0.3 is 24.1 Å². The minimum atomic E-state index is -0.523. The van der Waals surface area contributed by atoms with E-state index in [-0.39, 0.29) is 11.4 Å². The van der Waals surface area contributed by atoms with Crippen LogP contribution in [-0.2, 0) is 14.2 Å². The SMILES string of the molecule is COC(=O)c1cc(N2CCOCC2)c(C(=O)OC)[nH]1. The lowest BCUT2D eigenvalue weighted by atomic mass is 10.3. The number of morpholine rings is 1. The molecule has 1 aromatic rings. The number of carbonyl (C=O) groups is 2. The van der Waals surface area contributed by atoms with Gasteiger partial charge in [0.15, 0.2) is 0 Å². The molecule has 7 nitrogen and oxygen atoms in total. The summed E-state index contributed by atoms with van der Waals surface area (Å²) in [6.45, 7) is 2.48. The first-order valence-electron chi connectivity index (χ1n) is 5.89.